The predicted octanol–water partition coefficient (Wildman–Crippen LogP) is 2.47. The van der Waals surface area contributed by atoms with Gasteiger partial charge >= 0.3 is 0 Å². The van der Waals surface area contributed by atoms with Crippen LogP contribution in [0.1, 0.15) is 41.5 Å². The number of aromatic nitrogens is 2. The molecule has 0 unspecified atom stereocenters. The molecule has 2 aromatic heterocycles. The molecule has 0 aromatic carbocycles. The lowest BCUT2D eigenvalue weighted by atomic mass is 10.1. The van der Waals surface area contributed by atoms with Crippen molar-refractivity contribution in [2.45, 2.75) is 38.8 Å². The van der Waals surface area contributed by atoms with Crippen molar-refractivity contribution in [1.29, 1.82) is 0 Å². The van der Waals surface area contributed by atoms with E-state index in [0.717, 1.165) is 35.6 Å². The van der Waals surface area contributed by atoms with E-state index in [-0.39, 0.29) is 5.91 Å². The van der Waals surface area contributed by atoms with Crippen LogP contribution in [0.2, 0.25) is 0 Å². The van der Waals surface area contributed by atoms with E-state index < -0.39 is 0 Å². The monoisotopic (exact) mass is 330 g/mol. The van der Waals surface area contributed by atoms with Gasteiger partial charge in [-0.1, -0.05) is 0 Å². The smallest absolute Gasteiger partial charge is 0.224 e. The average molecular weight is 330 g/mol. The van der Waals surface area contributed by atoms with Gasteiger partial charge in [0.2, 0.25) is 5.91 Å². The van der Waals surface area contributed by atoms with Crippen molar-refractivity contribution in [2.24, 2.45) is 0 Å². The Morgan fingerprint density at radius 2 is 2.39 bits per heavy atom. The number of rotatable bonds is 5. The highest BCUT2D eigenvalue weighted by atomic mass is 32.1. The van der Waals surface area contributed by atoms with Gasteiger partial charge < -0.3 is 5.32 Å². The molecule has 1 atom stereocenters. The molecule has 1 aliphatic heterocycles. The van der Waals surface area contributed by atoms with Crippen LogP contribution >= 0.6 is 11.3 Å². The first kappa shape index (κ1) is 16.1. The first-order chi connectivity index (χ1) is 11.1. The summed E-state index contributed by atoms with van der Waals surface area (Å²) in [4.78, 5) is 23.4. The van der Waals surface area contributed by atoms with Gasteiger partial charge in [-0.15, -0.1) is 0 Å². The van der Waals surface area contributed by atoms with Crippen molar-refractivity contribution in [2.75, 3.05) is 13.6 Å². The Bertz CT molecular complexity index is 671. The summed E-state index contributed by atoms with van der Waals surface area (Å²) in [6, 6.07) is 2.32. The summed E-state index contributed by atoms with van der Waals surface area (Å²) in [6.07, 6.45) is 4.58. The number of nitrogens with zero attached hydrogens (tertiary/aromatic N) is 3. The van der Waals surface area contributed by atoms with E-state index in [1.807, 2.05) is 29.9 Å². The third-order valence-electron chi connectivity index (χ3n) is 4.28. The van der Waals surface area contributed by atoms with Crippen LogP contribution in [0.5, 0.6) is 0 Å². The van der Waals surface area contributed by atoms with Crippen molar-refractivity contribution in [3.63, 3.8) is 0 Å². The lowest BCUT2D eigenvalue weighted by molar-refractivity contribution is -0.120. The van der Waals surface area contributed by atoms with Crippen LogP contribution in [0.25, 0.3) is 0 Å². The highest BCUT2D eigenvalue weighted by Crippen LogP contribution is 2.30. The van der Waals surface area contributed by atoms with E-state index in [1.54, 1.807) is 11.3 Å². The van der Waals surface area contributed by atoms with Crippen molar-refractivity contribution < 1.29 is 4.79 Å². The van der Waals surface area contributed by atoms with Gasteiger partial charge in [-0.2, -0.15) is 11.3 Å². The van der Waals surface area contributed by atoms with Gasteiger partial charge in [-0.05, 0) is 55.7 Å². The second-order valence-electron chi connectivity index (χ2n) is 6.05. The minimum Gasteiger partial charge on any atom is -0.352 e. The summed E-state index contributed by atoms with van der Waals surface area (Å²) in [5, 5.41) is 7.00. The second kappa shape index (κ2) is 7.19. The zero-order valence-electron chi connectivity index (χ0n) is 13.6. The summed E-state index contributed by atoms with van der Waals surface area (Å²) in [7, 11) is 2.13. The van der Waals surface area contributed by atoms with E-state index >= 15 is 0 Å². The van der Waals surface area contributed by atoms with E-state index in [4.69, 9.17) is 0 Å². The zero-order valence-corrected chi connectivity index (χ0v) is 14.4. The molecule has 0 spiro atoms. The van der Waals surface area contributed by atoms with Crippen molar-refractivity contribution in [1.82, 2.24) is 20.2 Å². The standard InChI is InChI=1S/C17H22N4OS/c1-12-18-9-14(17(20-12)15-4-3-6-21(15)2)10-19-16(22)8-13-5-7-23-11-13/h5,7,9,11,15H,3-4,6,8,10H2,1-2H3,(H,19,22)/t15-/m0/s1. The third kappa shape index (κ3) is 3.95. The molecule has 0 saturated carbocycles. The molecular formula is C17H22N4OS. The number of nitrogens with one attached hydrogen (secondary N) is 1. The quantitative estimate of drug-likeness (QED) is 0.915. The van der Waals surface area contributed by atoms with E-state index in [0.29, 0.717) is 19.0 Å². The number of amides is 1. The minimum absolute atomic E-state index is 0.0368. The topological polar surface area (TPSA) is 58.1 Å². The first-order valence-electron chi connectivity index (χ1n) is 7.94. The van der Waals surface area contributed by atoms with Crippen LogP contribution in [-0.4, -0.2) is 34.4 Å². The van der Waals surface area contributed by atoms with Crippen molar-refractivity contribution in [3.8, 4) is 0 Å². The Labute approximate surface area is 140 Å². The highest BCUT2D eigenvalue weighted by molar-refractivity contribution is 7.07. The Hall–Kier alpha value is -1.79. The minimum atomic E-state index is 0.0368. The maximum Gasteiger partial charge on any atom is 0.224 e. The Morgan fingerprint density at radius 3 is 3.09 bits per heavy atom. The predicted molar refractivity (Wildman–Crippen MR) is 91.2 cm³/mol. The number of hydrogen-bond donors (Lipinski definition) is 1. The number of likely N-dealkylation sites (tertiary alicyclic amines) is 1. The average Bonchev–Trinajstić information content (AvgIpc) is 3.17. The Morgan fingerprint density at radius 1 is 1.52 bits per heavy atom. The highest BCUT2D eigenvalue weighted by Gasteiger charge is 2.26. The molecule has 0 bridgehead atoms. The maximum atomic E-state index is 12.1. The summed E-state index contributed by atoms with van der Waals surface area (Å²) in [5.74, 6) is 0.823. The third-order valence-corrected chi connectivity index (χ3v) is 5.01. The fourth-order valence-corrected chi connectivity index (χ4v) is 3.70. The number of hydrogen-bond acceptors (Lipinski definition) is 5. The summed E-state index contributed by atoms with van der Waals surface area (Å²) in [5.41, 5.74) is 3.14. The van der Waals surface area contributed by atoms with Gasteiger partial charge in [0, 0.05) is 18.3 Å². The number of aryl methyl sites for hydroxylation is 1. The maximum absolute atomic E-state index is 12.1. The molecule has 6 heteroatoms. The lowest BCUT2D eigenvalue weighted by Crippen LogP contribution is -2.27. The first-order valence-corrected chi connectivity index (χ1v) is 8.88. The largest absolute Gasteiger partial charge is 0.352 e. The van der Waals surface area contributed by atoms with E-state index in [9.17, 15) is 4.79 Å². The van der Waals surface area contributed by atoms with Crippen LogP contribution in [0, 0.1) is 6.92 Å². The molecule has 1 saturated heterocycles. The van der Waals surface area contributed by atoms with Crippen LogP contribution < -0.4 is 5.32 Å². The molecule has 1 N–H and O–H groups in total. The van der Waals surface area contributed by atoms with Crippen LogP contribution in [0.15, 0.2) is 23.0 Å². The summed E-state index contributed by atoms with van der Waals surface area (Å²) >= 11 is 1.61. The molecule has 0 aliphatic carbocycles. The Kier molecular flexibility index (Phi) is 5.03. The number of thiophene rings is 1. The van der Waals surface area contributed by atoms with E-state index in [1.165, 1.54) is 6.42 Å². The van der Waals surface area contributed by atoms with Gasteiger partial charge in [0.15, 0.2) is 0 Å². The normalized spacial score (nSPS) is 18.3. The molecule has 3 rings (SSSR count). The van der Waals surface area contributed by atoms with Gasteiger partial charge in [-0.3, -0.25) is 9.69 Å². The molecule has 1 amide bonds. The fourth-order valence-electron chi connectivity index (χ4n) is 3.03. The van der Waals surface area contributed by atoms with Crippen LogP contribution in [0.3, 0.4) is 0 Å². The molecule has 0 radical (unpaired) electrons. The molecule has 3 heterocycles. The van der Waals surface area contributed by atoms with E-state index in [2.05, 4.69) is 27.2 Å². The number of carbonyl (C=O) groups is 1. The van der Waals surface area contributed by atoms with Gasteiger partial charge in [0.05, 0.1) is 18.2 Å². The fraction of sp³-hybridized carbons (Fsp3) is 0.471. The van der Waals surface area contributed by atoms with Gasteiger partial charge in [-0.25, -0.2) is 9.97 Å². The van der Waals surface area contributed by atoms with Crippen molar-refractivity contribution >= 4 is 17.2 Å². The van der Waals surface area contributed by atoms with Crippen molar-refractivity contribution in [3.05, 3.63) is 45.7 Å². The van der Waals surface area contributed by atoms with Crippen LogP contribution in [-0.2, 0) is 17.8 Å². The molecule has 23 heavy (non-hydrogen) atoms. The number of carbonyl (C=O) groups excluding carboxylic acids is 1. The van der Waals surface area contributed by atoms with Crippen LogP contribution in [0.4, 0.5) is 0 Å². The summed E-state index contributed by atoms with van der Waals surface area (Å²) < 4.78 is 0. The SMILES string of the molecule is Cc1ncc(CNC(=O)Cc2ccsc2)c([C@@H]2CCCN2C)n1. The molecule has 5 nitrogen and oxygen atoms in total. The molecule has 1 fully saturated rings. The summed E-state index contributed by atoms with van der Waals surface area (Å²) in [6.45, 7) is 3.50. The zero-order chi connectivity index (χ0) is 16.2. The lowest BCUT2D eigenvalue weighted by Gasteiger charge is -2.21. The molecule has 2 aromatic rings. The van der Waals surface area contributed by atoms with Gasteiger partial charge in [0.1, 0.15) is 5.82 Å². The molecular weight excluding hydrogens is 308 g/mol. The van der Waals surface area contributed by atoms with Gasteiger partial charge in [0.25, 0.3) is 0 Å². The second-order valence-corrected chi connectivity index (χ2v) is 6.83. The Balaban J connectivity index is 1.68. The molecule has 122 valence electrons. The molecule has 1 aliphatic rings.